The highest BCUT2D eigenvalue weighted by Crippen LogP contribution is 2.46. The summed E-state index contributed by atoms with van der Waals surface area (Å²) in [7, 11) is 2.97. The Morgan fingerprint density at radius 3 is 2.64 bits per heavy atom. The number of hydrogen-bond acceptors (Lipinski definition) is 5. The van der Waals surface area contributed by atoms with Crippen molar-refractivity contribution in [3.63, 3.8) is 0 Å². The lowest BCUT2D eigenvalue weighted by Gasteiger charge is -2.42. The van der Waals surface area contributed by atoms with Gasteiger partial charge in [0, 0.05) is 24.6 Å². The number of benzene rings is 2. The number of fused-ring (bicyclic) bond motifs is 2. The van der Waals surface area contributed by atoms with Crippen LogP contribution in [-0.2, 0) is 26.3 Å². The summed E-state index contributed by atoms with van der Waals surface area (Å²) < 4.78 is 10.2. The van der Waals surface area contributed by atoms with Crippen LogP contribution in [0.4, 0.5) is 5.69 Å². The number of para-hydroxylation sites is 1. The molecule has 2 aliphatic rings. The second kappa shape index (κ2) is 7.11. The molecule has 1 fully saturated rings. The van der Waals surface area contributed by atoms with Gasteiger partial charge in [-0.05, 0) is 35.7 Å². The lowest BCUT2D eigenvalue weighted by molar-refractivity contribution is -0.157. The molecule has 1 spiro atoms. The highest BCUT2D eigenvalue weighted by atomic mass is 16.5. The van der Waals surface area contributed by atoms with Gasteiger partial charge in [-0.1, -0.05) is 30.3 Å². The maximum Gasteiger partial charge on any atom is 0.328 e. The Morgan fingerprint density at radius 1 is 1.18 bits per heavy atom. The van der Waals surface area contributed by atoms with E-state index in [2.05, 4.69) is 4.99 Å². The summed E-state index contributed by atoms with van der Waals surface area (Å²) >= 11 is 0. The molecule has 6 heteroatoms. The predicted octanol–water partition coefficient (Wildman–Crippen LogP) is 3.01. The minimum Gasteiger partial charge on any atom is -0.497 e. The topological polar surface area (TPSA) is 68.2 Å². The van der Waals surface area contributed by atoms with Crippen LogP contribution in [0.2, 0.25) is 0 Å². The minimum atomic E-state index is -0.661. The molecule has 0 unspecified atom stereocenters. The summed E-state index contributed by atoms with van der Waals surface area (Å²) in [5.41, 5.74) is 2.24. The van der Waals surface area contributed by atoms with Crippen LogP contribution in [0.1, 0.15) is 24.0 Å². The first kappa shape index (κ1) is 18.2. The number of likely N-dealkylation sites (tertiary alicyclic amines) is 1. The molecule has 6 nitrogen and oxygen atoms in total. The molecule has 0 saturated carbocycles. The molecule has 1 saturated heterocycles. The van der Waals surface area contributed by atoms with E-state index in [0.717, 1.165) is 22.6 Å². The van der Waals surface area contributed by atoms with E-state index < -0.39 is 17.4 Å². The number of aliphatic imine (C=N–C) groups is 1. The molecule has 0 aliphatic carbocycles. The van der Waals surface area contributed by atoms with Crippen molar-refractivity contribution in [2.75, 3.05) is 14.2 Å². The Hall–Kier alpha value is -3.15. The van der Waals surface area contributed by atoms with Crippen LogP contribution < -0.4 is 4.74 Å². The number of amides is 1. The Bertz CT molecular complexity index is 938. The van der Waals surface area contributed by atoms with E-state index in [1.165, 1.54) is 7.11 Å². The Labute approximate surface area is 163 Å². The maximum atomic E-state index is 13.2. The largest absolute Gasteiger partial charge is 0.497 e. The molecule has 2 aliphatic heterocycles. The van der Waals surface area contributed by atoms with Gasteiger partial charge < -0.3 is 14.4 Å². The van der Waals surface area contributed by atoms with Crippen LogP contribution >= 0.6 is 0 Å². The number of ether oxygens (including phenoxy) is 2. The van der Waals surface area contributed by atoms with Crippen molar-refractivity contribution in [3.05, 3.63) is 59.7 Å². The summed E-state index contributed by atoms with van der Waals surface area (Å²) in [4.78, 5) is 31.9. The molecule has 2 heterocycles. The Balaban J connectivity index is 1.64. The van der Waals surface area contributed by atoms with Gasteiger partial charge >= 0.3 is 5.97 Å². The summed E-state index contributed by atoms with van der Waals surface area (Å²) in [6, 6.07) is 14.6. The first-order valence-electron chi connectivity index (χ1n) is 9.21. The number of esters is 1. The lowest BCUT2D eigenvalue weighted by Crippen LogP contribution is -2.55. The van der Waals surface area contributed by atoms with Crippen LogP contribution in [0.3, 0.4) is 0 Å². The van der Waals surface area contributed by atoms with E-state index in [1.54, 1.807) is 12.0 Å². The van der Waals surface area contributed by atoms with Crippen molar-refractivity contribution in [2.24, 2.45) is 4.99 Å². The SMILES string of the molecule is COC(=O)[C@H]1C[C@@]2(C=Nc3ccccc32)CC(=O)N1Cc1ccc(OC)cc1. The molecule has 4 rings (SSSR count). The van der Waals surface area contributed by atoms with Crippen molar-refractivity contribution < 1.29 is 19.1 Å². The molecule has 144 valence electrons. The highest BCUT2D eigenvalue weighted by Gasteiger charge is 2.49. The fourth-order valence-corrected chi connectivity index (χ4v) is 4.12. The van der Waals surface area contributed by atoms with Crippen molar-refractivity contribution >= 4 is 23.8 Å². The van der Waals surface area contributed by atoms with Crippen molar-refractivity contribution in [1.29, 1.82) is 0 Å². The first-order valence-corrected chi connectivity index (χ1v) is 9.21. The van der Waals surface area contributed by atoms with Gasteiger partial charge in [-0.3, -0.25) is 9.79 Å². The van der Waals surface area contributed by atoms with Gasteiger partial charge in [-0.25, -0.2) is 4.79 Å². The number of hydrogen-bond donors (Lipinski definition) is 0. The fraction of sp³-hybridized carbons (Fsp3) is 0.318. The third-order valence-corrected chi connectivity index (χ3v) is 5.60. The molecule has 0 radical (unpaired) electrons. The van der Waals surface area contributed by atoms with Gasteiger partial charge in [0.1, 0.15) is 11.8 Å². The number of nitrogens with zero attached hydrogens (tertiary/aromatic N) is 2. The minimum absolute atomic E-state index is 0.0828. The van der Waals surface area contributed by atoms with Crippen LogP contribution in [0.25, 0.3) is 0 Å². The van der Waals surface area contributed by atoms with Crippen molar-refractivity contribution in [2.45, 2.75) is 30.8 Å². The molecule has 0 bridgehead atoms. The zero-order valence-corrected chi connectivity index (χ0v) is 15.9. The average molecular weight is 378 g/mol. The van der Waals surface area contributed by atoms with Gasteiger partial charge in [-0.15, -0.1) is 0 Å². The van der Waals surface area contributed by atoms with E-state index in [0.29, 0.717) is 13.0 Å². The van der Waals surface area contributed by atoms with Crippen LogP contribution in [0, 0.1) is 0 Å². The molecule has 2 atom stereocenters. The number of rotatable bonds is 4. The smallest absolute Gasteiger partial charge is 0.328 e. The van der Waals surface area contributed by atoms with Crippen LogP contribution in [0.15, 0.2) is 53.5 Å². The summed E-state index contributed by atoms with van der Waals surface area (Å²) in [5.74, 6) is 0.260. The molecule has 2 aromatic rings. The molecule has 2 aromatic carbocycles. The number of piperidine rings is 1. The summed E-state index contributed by atoms with van der Waals surface area (Å²) in [6.07, 6.45) is 2.58. The quantitative estimate of drug-likeness (QED) is 0.767. The summed E-state index contributed by atoms with van der Waals surface area (Å²) in [5, 5.41) is 0. The maximum absolute atomic E-state index is 13.2. The average Bonchev–Trinajstić information content (AvgIpc) is 3.08. The van der Waals surface area contributed by atoms with E-state index in [9.17, 15) is 9.59 Å². The number of methoxy groups -OCH3 is 2. The van der Waals surface area contributed by atoms with Crippen molar-refractivity contribution in [3.8, 4) is 5.75 Å². The van der Waals surface area contributed by atoms with Crippen molar-refractivity contribution in [1.82, 2.24) is 4.90 Å². The second-order valence-corrected chi connectivity index (χ2v) is 7.22. The number of carbonyl (C=O) groups is 2. The zero-order valence-electron chi connectivity index (χ0n) is 15.9. The molecule has 1 amide bonds. The normalized spacial score (nSPS) is 23.0. The van der Waals surface area contributed by atoms with Gasteiger partial charge in [0.15, 0.2) is 0 Å². The van der Waals surface area contributed by atoms with Gasteiger partial charge in [-0.2, -0.15) is 0 Å². The van der Waals surface area contributed by atoms with E-state index >= 15 is 0 Å². The van der Waals surface area contributed by atoms with E-state index in [1.807, 2.05) is 54.7 Å². The van der Waals surface area contributed by atoms with Gasteiger partial charge in [0.2, 0.25) is 5.91 Å². The molecule has 0 aromatic heterocycles. The van der Waals surface area contributed by atoms with Gasteiger partial charge in [0.25, 0.3) is 0 Å². The van der Waals surface area contributed by atoms with E-state index in [-0.39, 0.29) is 12.3 Å². The molecular weight excluding hydrogens is 356 g/mol. The molecule has 28 heavy (non-hydrogen) atoms. The summed E-state index contributed by atoms with van der Waals surface area (Å²) in [6.45, 7) is 0.345. The van der Waals surface area contributed by atoms with Crippen LogP contribution in [-0.4, -0.2) is 43.3 Å². The zero-order chi connectivity index (χ0) is 19.7. The van der Waals surface area contributed by atoms with E-state index in [4.69, 9.17) is 9.47 Å². The third-order valence-electron chi connectivity index (χ3n) is 5.60. The predicted molar refractivity (Wildman–Crippen MR) is 105 cm³/mol. The van der Waals surface area contributed by atoms with Gasteiger partial charge in [0.05, 0.1) is 19.9 Å². The Kier molecular flexibility index (Phi) is 4.63. The van der Waals surface area contributed by atoms with Crippen LogP contribution in [0.5, 0.6) is 5.75 Å². The fourth-order valence-electron chi connectivity index (χ4n) is 4.12. The molecule has 0 N–H and O–H groups in total. The highest BCUT2D eigenvalue weighted by molar-refractivity contribution is 5.96. The third kappa shape index (κ3) is 3.05. The monoisotopic (exact) mass is 378 g/mol. The Morgan fingerprint density at radius 2 is 1.93 bits per heavy atom. The number of carbonyl (C=O) groups excluding carboxylic acids is 2. The lowest BCUT2D eigenvalue weighted by atomic mass is 9.71. The molecular formula is C22H22N2O4. The standard InChI is InChI=1S/C22H22N2O4/c1-27-16-9-7-15(8-10-16)13-24-19(21(26)28-2)11-22(12-20(24)25)14-23-18-6-4-3-5-17(18)22/h3-10,14,19H,11-13H2,1-2H3/t19-,22+/m1/s1. The second-order valence-electron chi connectivity index (χ2n) is 7.22. The first-order chi connectivity index (χ1) is 13.6.